The predicted octanol–water partition coefficient (Wildman–Crippen LogP) is 2.01. The number of nitrogens with one attached hydrogen (secondary N) is 1. The molecule has 0 bridgehead atoms. The maximum atomic E-state index is 12.5. The maximum Gasteiger partial charge on any atom is 0.321 e. The van der Waals surface area contributed by atoms with Crippen LogP contribution in [-0.4, -0.2) is 30.5 Å². The number of carboxylic acid groups (broad SMARTS) is 1. The number of aromatic nitrogens is 1. The number of para-hydroxylation sites is 1. The fourth-order valence-corrected chi connectivity index (χ4v) is 3.60. The molecule has 118 valence electrons. The topological polar surface area (TPSA) is 96.4 Å². The van der Waals surface area contributed by atoms with E-state index < -0.39 is 22.0 Å². The highest BCUT2D eigenvalue weighted by Gasteiger charge is 2.27. The van der Waals surface area contributed by atoms with Crippen LogP contribution in [0.5, 0.6) is 0 Å². The first-order chi connectivity index (χ1) is 10.3. The Labute approximate surface area is 129 Å². The third-order valence-electron chi connectivity index (χ3n) is 3.19. The highest BCUT2D eigenvalue weighted by Crippen LogP contribution is 2.21. The standard InChI is InChI=1S/C15H18N2O4S/c1-10(2)9-12(15(18)19)17-22(20,21)13-7-3-5-11-6-4-8-16-14(11)13/h3-8,10,12,17H,9H2,1-2H3,(H,18,19)/t12-/m0/s1. The molecule has 0 radical (unpaired) electrons. The van der Waals surface area contributed by atoms with Crippen LogP contribution in [0.25, 0.3) is 10.9 Å². The van der Waals surface area contributed by atoms with Gasteiger partial charge in [-0.1, -0.05) is 32.0 Å². The molecule has 0 saturated carbocycles. The summed E-state index contributed by atoms with van der Waals surface area (Å²) < 4.78 is 27.3. The second-order valence-electron chi connectivity index (χ2n) is 5.47. The Bertz CT molecular complexity index is 782. The van der Waals surface area contributed by atoms with Crippen molar-refractivity contribution in [2.75, 3.05) is 0 Å². The summed E-state index contributed by atoms with van der Waals surface area (Å²) in [6, 6.07) is 7.09. The highest BCUT2D eigenvalue weighted by molar-refractivity contribution is 7.89. The number of sulfonamides is 1. The molecule has 0 aliphatic heterocycles. The highest BCUT2D eigenvalue weighted by atomic mass is 32.2. The molecule has 7 heteroatoms. The summed E-state index contributed by atoms with van der Waals surface area (Å²) >= 11 is 0. The Balaban J connectivity index is 2.42. The lowest BCUT2D eigenvalue weighted by atomic mass is 10.1. The van der Waals surface area contributed by atoms with Crippen molar-refractivity contribution in [3.05, 3.63) is 36.5 Å². The minimum Gasteiger partial charge on any atom is -0.480 e. The normalized spacial score (nSPS) is 13.4. The molecule has 0 aliphatic carbocycles. The lowest BCUT2D eigenvalue weighted by Gasteiger charge is -2.17. The molecule has 0 unspecified atom stereocenters. The molecule has 2 rings (SSSR count). The van der Waals surface area contributed by atoms with Gasteiger partial charge in [0.25, 0.3) is 0 Å². The molecule has 0 aliphatic rings. The van der Waals surface area contributed by atoms with Gasteiger partial charge in [-0.25, -0.2) is 8.42 Å². The van der Waals surface area contributed by atoms with E-state index >= 15 is 0 Å². The van der Waals surface area contributed by atoms with Crippen LogP contribution in [0.2, 0.25) is 0 Å². The van der Waals surface area contributed by atoms with Gasteiger partial charge in [-0.15, -0.1) is 0 Å². The molecule has 6 nitrogen and oxygen atoms in total. The van der Waals surface area contributed by atoms with E-state index in [-0.39, 0.29) is 17.2 Å². The summed E-state index contributed by atoms with van der Waals surface area (Å²) in [4.78, 5) is 15.3. The minimum absolute atomic E-state index is 0.0133. The predicted molar refractivity (Wildman–Crippen MR) is 82.9 cm³/mol. The number of nitrogens with zero attached hydrogens (tertiary/aromatic N) is 1. The number of carboxylic acids is 1. The van der Waals surface area contributed by atoms with Crippen molar-refractivity contribution in [1.82, 2.24) is 9.71 Å². The van der Waals surface area contributed by atoms with Gasteiger partial charge in [-0.2, -0.15) is 4.72 Å². The molecule has 1 heterocycles. The number of hydrogen-bond donors (Lipinski definition) is 2. The van der Waals surface area contributed by atoms with E-state index in [0.717, 1.165) is 0 Å². The molecule has 2 aromatic rings. The van der Waals surface area contributed by atoms with E-state index in [2.05, 4.69) is 9.71 Å². The van der Waals surface area contributed by atoms with Crippen LogP contribution < -0.4 is 4.72 Å². The van der Waals surface area contributed by atoms with Gasteiger partial charge in [0, 0.05) is 11.6 Å². The number of fused-ring (bicyclic) bond motifs is 1. The second kappa shape index (κ2) is 6.41. The van der Waals surface area contributed by atoms with Crippen LogP contribution in [0.3, 0.4) is 0 Å². The molecular weight excluding hydrogens is 304 g/mol. The Kier molecular flexibility index (Phi) is 4.77. The molecule has 0 saturated heterocycles. The van der Waals surface area contributed by atoms with Gasteiger partial charge in [0.15, 0.2) is 0 Å². The number of hydrogen-bond acceptors (Lipinski definition) is 4. The summed E-state index contributed by atoms with van der Waals surface area (Å²) in [5.74, 6) is -1.14. The maximum absolute atomic E-state index is 12.5. The quantitative estimate of drug-likeness (QED) is 0.848. The summed E-state index contributed by atoms with van der Waals surface area (Å²) in [6.07, 6.45) is 1.72. The zero-order valence-corrected chi connectivity index (χ0v) is 13.2. The zero-order valence-electron chi connectivity index (χ0n) is 12.4. The summed E-state index contributed by atoms with van der Waals surface area (Å²) in [7, 11) is -3.97. The van der Waals surface area contributed by atoms with Crippen LogP contribution in [-0.2, 0) is 14.8 Å². The Morgan fingerprint density at radius 3 is 2.59 bits per heavy atom. The lowest BCUT2D eigenvalue weighted by molar-refractivity contribution is -0.139. The van der Waals surface area contributed by atoms with E-state index in [1.165, 1.54) is 12.3 Å². The third kappa shape index (κ3) is 3.61. The van der Waals surface area contributed by atoms with E-state index in [1.54, 1.807) is 24.3 Å². The van der Waals surface area contributed by atoms with Crippen LogP contribution >= 0.6 is 0 Å². The fourth-order valence-electron chi connectivity index (χ4n) is 2.21. The van der Waals surface area contributed by atoms with Crippen molar-refractivity contribution >= 4 is 26.9 Å². The summed E-state index contributed by atoms with van der Waals surface area (Å²) in [5.41, 5.74) is 0.325. The molecule has 1 aromatic heterocycles. The zero-order chi connectivity index (χ0) is 16.3. The first-order valence-corrected chi connectivity index (χ1v) is 8.38. The van der Waals surface area contributed by atoms with E-state index in [0.29, 0.717) is 10.9 Å². The summed E-state index contributed by atoms with van der Waals surface area (Å²) in [5, 5.41) is 9.88. The number of benzene rings is 1. The Morgan fingerprint density at radius 2 is 1.95 bits per heavy atom. The van der Waals surface area contributed by atoms with Crippen molar-refractivity contribution in [2.45, 2.75) is 31.2 Å². The Hall–Kier alpha value is -1.99. The van der Waals surface area contributed by atoms with Crippen LogP contribution in [0, 0.1) is 5.92 Å². The van der Waals surface area contributed by atoms with Crippen molar-refractivity contribution in [3.63, 3.8) is 0 Å². The van der Waals surface area contributed by atoms with E-state index in [4.69, 9.17) is 0 Å². The molecule has 1 atom stereocenters. The number of rotatable bonds is 6. The van der Waals surface area contributed by atoms with Crippen molar-refractivity contribution < 1.29 is 18.3 Å². The molecule has 0 amide bonds. The van der Waals surface area contributed by atoms with Gasteiger partial charge in [0.2, 0.25) is 10.0 Å². The molecule has 1 aromatic carbocycles. The van der Waals surface area contributed by atoms with Crippen molar-refractivity contribution in [1.29, 1.82) is 0 Å². The Morgan fingerprint density at radius 1 is 1.27 bits per heavy atom. The van der Waals surface area contributed by atoms with E-state index in [9.17, 15) is 18.3 Å². The number of pyridine rings is 1. The molecule has 0 fully saturated rings. The van der Waals surface area contributed by atoms with Crippen LogP contribution in [0.1, 0.15) is 20.3 Å². The third-order valence-corrected chi connectivity index (χ3v) is 4.69. The van der Waals surface area contributed by atoms with Gasteiger partial charge in [-0.3, -0.25) is 9.78 Å². The largest absolute Gasteiger partial charge is 0.480 e. The average Bonchev–Trinajstić information content (AvgIpc) is 2.45. The van der Waals surface area contributed by atoms with Gasteiger partial charge >= 0.3 is 5.97 Å². The molecule has 2 N–H and O–H groups in total. The van der Waals surface area contributed by atoms with Crippen molar-refractivity contribution in [3.8, 4) is 0 Å². The van der Waals surface area contributed by atoms with Gasteiger partial charge < -0.3 is 5.11 Å². The number of aliphatic carboxylic acids is 1. The monoisotopic (exact) mass is 322 g/mol. The first kappa shape index (κ1) is 16.4. The van der Waals surface area contributed by atoms with Gasteiger partial charge in [0.05, 0.1) is 5.52 Å². The average molecular weight is 322 g/mol. The first-order valence-electron chi connectivity index (χ1n) is 6.90. The van der Waals surface area contributed by atoms with Gasteiger partial charge in [0.1, 0.15) is 10.9 Å². The second-order valence-corrected chi connectivity index (χ2v) is 7.16. The summed E-state index contributed by atoms with van der Waals surface area (Å²) in [6.45, 7) is 3.67. The molecule has 22 heavy (non-hydrogen) atoms. The number of carbonyl (C=O) groups is 1. The van der Waals surface area contributed by atoms with Crippen molar-refractivity contribution in [2.24, 2.45) is 5.92 Å². The van der Waals surface area contributed by atoms with Crippen LogP contribution in [0.15, 0.2) is 41.4 Å². The smallest absolute Gasteiger partial charge is 0.321 e. The van der Waals surface area contributed by atoms with Gasteiger partial charge in [-0.05, 0) is 24.5 Å². The minimum atomic E-state index is -3.97. The van der Waals surface area contributed by atoms with E-state index in [1.807, 2.05) is 13.8 Å². The SMILES string of the molecule is CC(C)C[C@H](NS(=O)(=O)c1cccc2cccnc12)C(=O)O. The molecular formula is C15H18N2O4S. The lowest BCUT2D eigenvalue weighted by Crippen LogP contribution is -2.41. The molecule has 0 spiro atoms. The van der Waals surface area contributed by atoms with Crippen LogP contribution in [0.4, 0.5) is 0 Å². The fraction of sp³-hybridized carbons (Fsp3) is 0.333.